The molecule has 0 radical (unpaired) electrons. The van der Waals surface area contributed by atoms with E-state index < -0.39 is 0 Å². The summed E-state index contributed by atoms with van der Waals surface area (Å²) in [5.41, 5.74) is 3.80. The molecule has 0 atom stereocenters. The van der Waals surface area contributed by atoms with Crippen molar-refractivity contribution in [3.8, 4) is 5.75 Å². The van der Waals surface area contributed by atoms with Gasteiger partial charge in [-0.25, -0.2) is 0 Å². The number of nitrogens with one attached hydrogen (secondary N) is 1. The van der Waals surface area contributed by atoms with Crippen molar-refractivity contribution in [2.75, 3.05) is 18.5 Å². The molecule has 2 aromatic carbocycles. The number of rotatable bonds is 7. The van der Waals surface area contributed by atoms with Gasteiger partial charge in [0.05, 0.1) is 11.6 Å². The highest BCUT2D eigenvalue weighted by molar-refractivity contribution is 6.35. The molecular formula is C18H21Cl2NO. The zero-order valence-electron chi connectivity index (χ0n) is 13.0. The van der Waals surface area contributed by atoms with E-state index in [0.717, 1.165) is 19.4 Å². The van der Waals surface area contributed by atoms with Gasteiger partial charge in [0, 0.05) is 17.3 Å². The van der Waals surface area contributed by atoms with E-state index >= 15 is 0 Å². The summed E-state index contributed by atoms with van der Waals surface area (Å²) in [5.74, 6) is 0.688. The van der Waals surface area contributed by atoms with Crippen LogP contribution in [-0.4, -0.2) is 13.2 Å². The van der Waals surface area contributed by atoms with Crippen LogP contribution < -0.4 is 10.1 Å². The Hall–Kier alpha value is -1.38. The number of ether oxygens (including phenoxy) is 1. The number of aryl methyl sites for hydroxylation is 2. The first-order valence-corrected chi connectivity index (χ1v) is 8.21. The monoisotopic (exact) mass is 337 g/mol. The summed E-state index contributed by atoms with van der Waals surface area (Å²) in [6.45, 7) is 5.83. The number of hydrogen-bond donors (Lipinski definition) is 1. The van der Waals surface area contributed by atoms with E-state index in [1.165, 1.54) is 16.8 Å². The minimum absolute atomic E-state index is 0.556. The largest absolute Gasteiger partial charge is 0.492 e. The van der Waals surface area contributed by atoms with E-state index in [0.29, 0.717) is 22.4 Å². The van der Waals surface area contributed by atoms with Crippen molar-refractivity contribution in [3.63, 3.8) is 0 Å². The molecule has 0 amide bonds. The van der Waals surface area contributed by atoms with E-state index in [9.17, 15) is 0 Å². The standard InChI is InChI=1S/C18H21Cl2NO/c1-13-5-7-16(11-14(13)2)21-9-3-4-10-22-18-8-6-15(19)12-17(18)20/h5-8,11-12,21H,3-4,9-10H2,1-2H3. The highest BCUT2D eigenvalue weighted by Crippen LogP contribution is 2.27. The van der Waals surface area contributed by atoms with E-state index in [4.69, 9.17) is 27.9 Å². The molecule has 0 saturated heterocycles. The van der Waals surface area contributed by atoms with Crippen molar-refractivity contribution < 1.29 is 4.74 Å². The Balaban J connectivity index is 1.66. The zero-order valence-corrected chi connectivity index (χ0v) is 14.5. The van der Waals surface area contributed by atoms with Gasteiger partial charge in [0.25, 0.3) is 0 Å². The van der Waals surface area contributed by atoms with Crippen molar-refractivity contribution in [3.05, 3.63) is 57.6 Å². The molecule has 0 spiro atoms. The first kappa shape index (κ1) is 17.0. The van der Waals surface area contributed by atoms with Crippen LogP contribution in [-0.2, 0) is 0 Å². The fraction of sp³-hybridized carbons (Fsp3) is 0.333. The number of hydrogen-bond acceptors (Lipinski definition) is 2. The van der Waals surface area contributed by atoms with Gasteiger partial charge in [-0.1, -0.05) is 29.3 Å². The van der Waals surface area contributed by atoms with Crippen LogP contribution in [0.3, 0.4) is 0 Å². The average Bonchev–Trinajstić information content (AvgIpc) is 2.48. The summed E-state index contributed by atoms with van der Waals surface area (Å²) in [5, 5.41) is 4.61. The molecule has 0 aromatic heterocycles. The minimum atomic E-state index is 0.556. The SMILES string of the molecule is Cc1ccc(NCCCCOc2ccc(Cl)cc2Cl)cc1C. The summed E-state index contributed by atoms with van der Waals surface area (Å²) < 4.78 is 5.66. The summed E-state index contributed by atoms with van der Waals surface area (Å²) in [7, 11) is 0. The van der Waals surface area contributed by atoms with Crippen LogP contribution in [0.1, 0.15) is 24.0 Å². The molecule has 0 heterocycles. The minimum Gasteiger partial charge on any atom is -0.492 e. The van der Waals surface area contributed by atoms with Gasteiger partial charge in [-0.15, -0.1) is 0 Å². The van der Waals surface area contributed by atoms with Crippen LogP contribution in [0.5, 0.6) is 5.75 Å². The molecule has 4 heteroatoms. The molecule has 2 aromatic rings. The maximum atomic E-state index is 6.06. The van der Waals surface area contributed by atoms with Gasteiger partial charge in [-0.2, -0.15) is 0 Å². The second kappa shape index (κ2) is 8.30. The number of anilines is 1. The molecule has 1 N–H and O–H groups in total. The van der Waals surface area contributed by atoms with Crippen LogP contribution >= 0.6 is 23.2 Å². The van der Waals surface area contributed by atoms with Crippen LogP contribution in [0, 0.1) is 13.8 Å². The highest BCUT2D eigenvalue weighted by Gasteiger charge is 2.02. The molecule has 0 bridgehead atoms. The molecule has 0 saturated carbocycles. The van der Waals surface area contributed by atoms with Gasteiger partial charge >= 0.3 is 0 Å². The van der Waals surface area contributed by atoms with Gasteiger partial charge in [-0.3, -0.25) is 0 Å². The van der Waals surface area contributed by atoms with Crippen molar-refractivity contribution >= 4 is 28.9 Å². The lowest BCUT2D eigenvalue weighted by molar-refractivity contribution is 0.308. The third-order valence-electron chi connectivity index (χ3n) is 3.56. The summed E-state index contributed by atoms with van der Waals surface area (Å²) in [6.07, 6.45) is 2.01. The maximum absolute atomic E-state index is 6.06. The molecule has 2 nitrogen and oxygen atoms in total. The molecule has 0 aliphatic rings. The quantitative estimate of drug-likeness (QED) is 0.636. The molecule has 0 aliphatic heterocycles. The second-order valence-corrected chi connectivity index (χ2v) is 6.20. The van der Waals surface area contributed by atoms with E-state index in [1.807, 2.05) is 0 Å². The lowest BCUT2D eigenvalue weighted by Gasteiger charge is -2.10. The Bertz CT molecular complexity index is 628. The molecule has 0 fully saturated rings. The van der Waals surface area contributed by atoms with Gasteiger partial charge < -0.3 is 10.1 Å². The topological polar surface area (TPSA) is 21.3 Å². The number of benzene rings is 2. The highest BCUT2D eigenvalue weighted by atomic mass is 35.5. The Kier molecular flexibility index (Phi) is 6.41. The maximum Gasteiger partial charge on any atom is 0.137 e. The zero-order chi connectivity index (χ0) is 15.9. The van der Waals surface area contributed by atoms with Gasteiger partial charge in [-0.05, 0) is 68.1 Å². The summed E-state index contributed by atoms with van der Waals surface area (Å²) in [6, 6.07) is 11.7. The molecule has 2 rings (SSSR count). The predicted molar refractivity (Wildman–Crippen MR) is 95.6 cm³/mol. The normalized spacial score (nSPS) is 10.5. The van der Waals surface area contributed by atoms with Crippen molar-refractivity contribution in [2.45, 2.75) is 26.7 Å². The molecule has 0 unspecified atom stereocenters. The fourth-order valence-corrected chi connectivity index (χ4v) is 2.55. The number of halogens is 2. The van der Waals surface area contributed by atoms with E-state index in [2.05, 4.69) is 37.4 Å². The third kappa shape index (κ3) is 5.11. The third-order valence-corrected chi connectivity index (χ3v) is 4.09. The van der Waals surface area contributed by atoms with E-state index in [1.54, 1.807) is 18.2 Å². The predicted octanol–water partition coefficient (Wildman–Crippen LogP) is 5.88. The van der Waals surface area contributed by atoms with Crippen LogP contribution in [0.2, 0.25) is 10.0 Å². The number of unbranched alkanes of at least 4 members (excludes halogenated alkanes) is 1. The van der Waals surface area contributed by atoms with Crippen molar-refractivity contribution in [1.82, 2.24) is 0 Å². The molecule has 118 valence electrons. The Morgan fingerprint density at radius 3 is 2.50 bits per heavy atom. The molecule has 0 aliphatic carbocycles. The van der Waals surface area contributed by atoms with Crippen molar-refractivity contribution in [1.29, 1.82) is 0 Å². The first-order valence-electron chi connectivity index (χ1n) is 7.45. The van der Waals surface area contributed by atoms with Gasteiger partial charge in [0.2, 0.25) is 0 Å². The van der Waals surface area contributed by atoms with Crippen LogP contribution in [0.25, 0.3) is 0 Å². The smallest absolute Gasteiger partial charge is 0.137 e. The van der Waals surface area contributed by atoms with Crippen LogP contribution in [0.15, 0.2) is 36.4 Å². The Morgan fingerprint density at radius 2 is 1.77 bits per heavy atom. The second-order valence-electron chi connectivity index (χ2n) is 5.36. The van der Waals surface area contributed by atoms with Gasteiger partial charge in [0.15, 0.2) is 0 Å². The molecule has 22 heavy (non-hydrogen) atoms. The first-order chi connectivity index (χ1) is 10.6. The lowest BCUT2D eigenvalue weighted by Crippen LogP contribution is -2.05. The van der Waals surface area contributed by atoms with Crippen molar-refractivity contribution in [2.24, 2.45) is 0 Å². The van der Waals surface area contributed by atoms with Crippen LogP contribution in [0.4, 0.5) is 5.69 Å². The molecular weight excluding hydrogens is 317 g/mol. The Morgan fingerprint density at radius 1 is 0.955 bits per heavy atom. The summed E-state index contributed by atoms with van der Waals surface area (Å²) in [4.78, 5) is 0. The van der Waals surface area contributed by atoms with E-state index in [-0.39, 0.29) is 0 Å². The summed E-state index contributed by atoms with van der Waals surface area (Å²) >= 11 is 11.9. The van der Waals surface area contributed by atoms with Gasteiger partial charge in [0.1, 0.15) is 5.75 Å². The fourth-order valence-electron chi connectivity index (χ4n) is 2.09. The Labute approximate surface area is 142 Å². The lowest BCUT2D eigenvalue weighted by atomic mass is 10.1. The average molecular weight is 338 g/mol.